The zero-order valence-corrected chi connectivity index (χ0v) is 81.7. The molecule has 0 bridgehead atoms. The summed E-state index contributed by atoms with van der Waals surface area (Å²) in [7, 11) is 0. The van der Waals surface area contributed by atoms with Crippen molar-refractivity contribution in [2.24, 2.45) is 0 Å². The van der Waals surface area contributed by atoms with Gasteiger partial charge in [0.2, 0.25) is 0 Å². The molecule has 0 saturated carbocycles. The van der Waals surface area contributed by atoms with Crippen LogP contribution in [0.1, 0.15) is 0 Å². The minimum Gasteiger partial charge on any atom is -0.311 e. The second-order valence-corrected chi connectivity index (χ2v) is 41.1. The molecule has 18 aromatic carbocycles. The molecule has 136 heavy (non-hydrogen) atoms. The molecule has 0 N–H and O–H groups in total. The van der Waals surface area contributed by atoms with Gasteiger partial charge in [-0.25, -0.2) is 0 Å². The van der Waals surface area contributed by atoms with Gasteiger partial charge in [0.25, 0.3) is 13.4 Å². The Kier molecular flexibility index (Phi) is 21.7. The van der Waals surface area contributed by atoms with Crippen LogP contribution in [0.2, 0.25) is 20.1 Å². The first-order chi connectivity index (χ1) is 67.0. The van der Waals surface area contributed by atoms with Crippen LogP contribution in [0.4, 0.5) is 136 Å². The first-order valence-corrected chi connectivity index (χ1v) is 51.2. The maximum absolute atomic E-state index is 7.40. The standard InChI is InChI=1S/C58H34B2Cl2N4S2.C58H38Br2Cl2N4S2/c61-35-29-47-53-49(31-35)65(39-21-9-3-10-22-39)55-41-25-13-15-27-51(41)67-57(55)59(53)43-33-44-46(34-45(43)63(47)37-17-5-1-6-18-37)64(38-19-7-2-8-20-38)48-30-36(62)32-50-54(48)60(44)58-56(42-26-14-16-28-52(42)68-58)66(50)40-23-11-4-12-24-40;59-57-49(32-39(61)34-51(57)65(43-22-9-3-10-23-43)53-37-67-55-30-15-13-28-47(53)55)63(41-18-5-1-6-19-41)45-26-17-27-46(36-45)64(42-20-7-2-8-21-42)50-33-40(62)35-52(58(50)60)66(44-24-11-4-12-25-44)54-38-68-56-31-16-14-29-48(54)56/h1-34H;1-38H. The second-order valence-electron chi connectivity index (χ2n) is 33.8. The molecule has 0 amide bonds. The summed E-state index contributed by atoms with van der Waals surface area (Å²) in [6.45, 7) is -0.181. The molecular formula is C116H72B2Br2Cl4N8S4. The van der Waals surface area contributed by atoms with Crippen molar-refractivity contribution in [3.8, 4) is 0 Å². The van der Waals surface area contributed by atoms with Crippen molar-refractivity contribution in [3.63, 3.8) is 0 Å². The smallest absolute Gasteiger partial charge is 0.264 e. The van der Waals surface area contributed by atoms with Crippen LogP contribution < -0.4 is 70.6 Å². The average Bonchev–Trinajstić information content (AvgIpc) is 1.30. The number of para-hydroxylation sites is 8. The average molecular weight is 2030 g/mol. The van der Waals surface area contributed by atoms with Crippen molar-refractivity contribution < 1.29 is 0 Å². The number of hydrogen-bond donors (Lipinski definition) is 0. The number of thiophene rings is 4. The van der Waals surface area contributed by atoms with Gasteiger partial charge in [0, 0.05) is 172 Å². The minimum absolute atomic E-state index is 0.0903. The van der Waals surface area contributed by atoms with E-state index in [0.717, 1.165) is 145 Å². The predicted octanol–water partition coefficient (Wildman–Crippen LogP) is 34.4. The molecule has 8 heterocycles. The highest BCUT2D eigenvalue weighted by Gasteiger charge is 2.51. The summed E-state index contributed by atoms with van der Waals surface area (Å²) in [5.74, 6) is 0. The lowest BCUT2D eigenvalue weighted by Crippen LogP contribution is -2.64. The number of hydrogen-bond acceptors (Lipinski definition) is 12. The Hall–Kier alpha value is -13.6. The van der Waals surface area contributed by atoms with E-state index in [4.69, 9.17) is 46.4 Å². The van der Waals surface area contributed by atoms with E-state index in [1.165, 1.54) is 72.4 Å². The molecule has 4 aromatic heterocycles. The molecule has 0 aliphatic carbocycles. The van der Waals surface area contributed by atoms with Crippen molar-refractivity contribution >= 4 is 345 Å². The fraction of sp³-hybridized carbons (Fsp3) is 0. The summed E-state index contributed by atoms with van der Waals surface area (Å²) in [5.41, 5.74) is 29.9. The first-order valence-electron chi connectivity index (χ1n) is 44.7. The van der Waals surface area contributed by atoms with E-state index in [1.807, 2.05) is 71.2 Å². The molecule has 22 aromatic rings. The number of rotatable bonds is 16. The van der Waals surface area contributed by atoms with Crippen LogP contribution in [0, 0.1) is 0 Å². The zero-order chi connectivity index (χ0) is 90.9. The van der Waals surface area contributed by atoms with E-state index >= 15 is 0 Å². The molecule has 20 heteroatoms. The summed E-state index contributed by atoms with van der Waals surface area (Å²) >= 11 is 45.0. The number of benzene rings is 18. The summed E-state index contributed by atoms with van der Waals surface area (Å²) in [5, 5.41) is 11.8. The number of anilines is 24. The Morgan fingerprint density at radius 3 is 0.853 bits per heavy atom. The highest BCUT2D eigenvalue weighted by molar-refractivity contribution is 9.11. The molecule has 4 aliphatic rings. The lowest BCUT2D eigenvalue weighted by molar-refractivity contribution is 1.22. The van der Waals surface area contributed by atoms with Crippen LogP contribution in [0.5, 0.6) is 0 Å². The summed E-state index contributed by atoms with van der Waals surface area (Å²) in [6.07, 6.45) is 0. The Morgan fingerprint density at radius 2 is 0.500 bits per heavy atom. The van der Waals surface area contributed by atoms with E-state index in [2.05, 4.69) is 458 Å². The Bertz CT molecular complexity index is 7940. The lowest BCUT2D eigenvalue weighted by atomic mass is 9.32. The molecule has 0 saturated heterocycles. The molecule has 0 fully saturated rings. The molecular weight excluding hydrogens is 1960 g/mol. The summed E-state index contributed by atoms with van der Waals surface area (Å²) in [6, 6.07) is 150. The van der Waals surface area contributed by atoms with Crippen LogP contribution >= 0.6 is 124 Å². The van der Waals surface area contributed by atoms with Gasteiger partial charge in [0.05, 0.1) is 54.4 Å². The Labute approximate surface area is 840 Å². The van der Waals surface area contributed by atoms with Crippen LogP contribution in [-0.2, 0) is 0 Å². The van der Waals surface area contributed by atoms with E-state index in [1.54, 1.807) is 22.7 Å². The number of halogens is 6. The maximum atomic E-state index is 7.40. The molecule has 0 radical (unpaired) electrons. The van der Waals surface area contributed by atoms with Crippen LogP contribution in [0.15, 0.2) is 444 Å². The van der Waals surface area contributed by atoms with Crippen molar-refractivity contribution in [2.45, 2.75) is 0 Å². The molecule has 8 nitrogen and oxygen atoms in total. The fourth-order valence-electron chi connectivity index (χ4n) is 20.5. The molecule has 4 aliphatic heterocycles. The first kappa shape index (κ1) is 84.2. The maximum Gasteiger partial charge on any atom is 0.264 e. The van der Waals surface area contributed by atoms with Gasteiger partial charge in [-0.3, -0.25) is 0 Å². The van der Waals surface area contributed by atoms with Crippen LogP contribution in [0.25, 0.3) is 40.3 Å². The SMILES string of the molecule is Clc1cc(N(c2ccccc2)c2cccc(N(c3ccccc3)c3cc(Cl)cc(N(c4ccccc4)c4csc5ccccc45)c3Br)c2)c(Br)c(N(c2ccccc2)c2csc3ccccc23)c1.Clc1cc2c3c(c1)N(c1ccccc1)c1c(sc4ccccc14)B3c1cc3c(cc1N2c1ccccc1)N(c1ccccc1)c1cc(Cl)cc2c1B3c1sc3ccccc3c1N2c1ccccc1. The Balaban J connectivity index is 0.000000145. The summed E-state index contributed by atoms with van der Waals surface area (Å²) in [4.78, 5) is 19.0. The third-order valence-electron chi connectivity index (χ3n) is 26.0. The number of fused-ring (bicyclic) bond motifs is 14. The largest absolute Gasteiger partial charge is 0.311 e. The van der Waals surface area contributed by atoms with Crippen molar-refractivity contribution in [1.82, 2.24) is 0 Å². The molecule has 648 valence electrons. The van der Waals surface area contributed by atoms with Crippen molar-refractivity contribution in [3.05, 3.63) is 464 Å². The van der Waals surface area contributed by atoms with E-state index in [0.29, 0.717) is 20.1 Å². The van der Waals surface area contributed by atoms with Gasteiger partial charge in [-0.15, -0.1) is 45.3 Å². The molecule has 26 rings (SSSR count). The van der Waals surface area contributed by atoms with Crippen LogP contribution in [-0.4, -0.2) is 13.4 Å². The number of nitrogens with zero attached hydrogens (tertiary/aromatic N) is 8. The topological polar surface area (TPSA) is 25.9 Å². The van der Waals surface area contributed by atoms with E-state index in [9.17, 15) is 0 Å². The van der Waals surface area contributed by atoms with E-state index < -0.39 is 0 Å². The van der Waals surface area contributed by atoms with Crippen molar-refractivity contribution in [2.75, 3.05) is 39.2 Å². The van der Waals surface area contributed by atoms with Gasteiger partial charge in [0.15, 0.2) is 0 Å². The predicted molar refractivity (Wildman–Crippen MR) is 597 cm³/mol. The monoisotopic (exact) mass is 2020 g/mol. The highest BCUT2D eigenvalue weighted by Crippen LogP contribution is 2.58. The fourth-order valence-corrected chi connectivity index (χ4v) is 27.0. The Morgan fingerprint density at radius 1 is 0.228 bits per heavy atom. The molecule has 0 unspecified atom stereocenters. The zero-order valence-electron chi connectivity index (χ0n) is 72.2. The second kappa shape index (κ2) is 35.0. The minimum atomic E-state index is -0.0903. The summed E-state index contributed by atoms with van der Waals surface area (Å²) < 4.78 is 9.34. The third kappa shape index (κ3) is 14.3. The third-order valence-corrected chi connectivity index (χ3v) is 32.9. The molecule has 0 atom stereocenters. The van der Waals surface area contributed by atoms with Gasteiger partial charge in [0.1, 0.15) is 0 Å². The van der Waals surface area contributed by atoms with Gasteiger partial charge in [-0.2, -0.15) is 0 Å². The van der Waals surface area contributed by atoms with Crippen molar-refractivity contribution in [1.29, 1.82) is 0 Å². The normalized spacial score (nSPS) is 12.5. The lowest BCUT2D eigenvalue weighted by Gasteiger charge is -2.46. The van der Waals surface area contributed by atoms with E-state index in [-0.39, 0.29) is 13.4 Å². The van der Waals surface area contributed by atoms with Crippen LogP contribution in [0.3, 0.4) is 0 Å². The van der Waals surface area contributed by atoms with Gasteiger partial charge in [-0.05, 0) is 248 Å². The van der Waals surface area contributed by atoms with Gasteiger partial charge >= 0.3 is 0 Å². The van der Waals surface area contributed by atoms with Gasteiger partial charge in [-0.1, -0.05) is 277 Å². The van der Waals surface area contributed by atoms with Gasteiger partial charge < -0.3 is 39.2 Å². The highest BCUT2D eigenvalue weighted by atomic mass is 79.9. The molecule has 0 spiro atoms. The quantitative estimate of drug-likeness (QED) is 0.0883.